The van der Waals surface area contributed by atoms with Crippen LogP contribution in [0.25, 0.3) is 22.6 Å². The lowest BCUT2D eigenvalue weighted by atomic mass is 9.86. The van der Waals surface area contributed by atoms with E-state index in [2.05, 4.69) is 0 Å². The molecule has 5 nitrogen and oxygen atoms in total. The van der Waals surface area contributed by atoms with Crippen LogP contribution in [-0.2, 0) is 16.0 Å². The SMILES string of the molecule is CC(C)(C)C(=O)COC(=O)c1c2c(nc3ccccc13)/C(=C\c1ccco1)CCC2. The van der Waals surface area contributed by atoms with Crippen molar-refractivity contribution in [2.45, 2.75) is 40.0 Å². The van der Waals surface area contributed by atoms with E-state index in [-0.39, 0.29) is 12.4 Å². The number of allylic oxidation sites excluding steroid dienone is 1. The number of ether oxygens (including phenoxy) is 1. The quantitative estimate of drug-likeness (QED) is 0.540. The molecule has 5 heteroatoms. The molecule has 0 bridgehead atoms. The van der Waals surface area contributed by atoms with Gasteiger partial charge in [-0.15, -0.1) is 0 Å². The van der Waals surface area contributed by atoms with Crippen LogP contribution in [0.15, 0.2) is 47.1 Å². The first-order chi connectivity index (χ1) is 14.3. The molecule has 0 aliphatic heterocycles. The highest BCUT2D eigenvalue weighted by molar-refractivity contribution is 6.07. The zero-order valence-electron chi connectivity index (χ0n) is 17.5. The van der Waals surface area contributed by atoms with Gasteiger partial charge >= 0.3 is 5.97 Å². The number of hydrogen-bond donors (Lipinski definition) is 0. The second-order valence-corrected chi connectivity index (χ2v) is 8.62. The highest BCUT2D eigenvalue weighted by atomic mass is 16.5. The predicted molar refractivity (Wildman–Crippen MR) is 116 cm³/mol. The van der Waals surface area contributed by atoms with Gasteiger partial charge in [-0.25, -0.2) is 9.78 Å². The molecule has 0 N–H and O–H groups in total. The third-order valence-electron chi connectivity index (χ3n) is 5.40. The summed E-state index contributed by atoms with van der Waals surface area (Å²) >= 11 is 0. The van der Waals surface area contributed by atoms with E-state index in [1.807, 2.05) is 63.2 Å². The number of hydrogen-bond acceptors (Lipinski definition) is 5. The van der Waals surface area contributed by atoms with Crippen LogP contribution < -0.4 is 0 Å². The monoisotopic (exact) mass is 403 g/mol. The number of carbonyl (C=O) groups is 2. The number of ketones is 1. The van der Waals surface area contributed by atoms with E-state index < -0.39 is 11.4 Å². The number of benzene rings is 1. The van der Waals surface area contributed by atoms with E-state index >= 15 is 0 Å². The zero-order chi connectivity index (χ0) is 21.3. The van der Waals surface area contributed by atoms with Crippen molar-refractivity contribution in [1.29, 1.82) is 0 Å². The molecule has 0 amide bonds. The van der Waals surface area contributed by atoms with Gasteiger partial charge in [0, 0.05) is 10.8 Å². The van der Waals surface area contributed by atoms with E-state index in [0.29, 0.717) is 5.56 Å². The summed E-state index contributed by atoms with van der Waals surface area (Å²) in [6.45, 7) is 5.22. The summed E-state index contributed by atoms with van der Waals surface area (Å²) in [7, 11) is 0. The Morgan fingerprint density at radius 1 is 1.13 bits per heavy atom. The van der Waals surface area contributed by atoms with Crippen LogP contribution in [0, 0.1) is 5.41 Å². The third-order valence-corrected chi connectivity index (χ3v) is 5.40. The topological polar surface area (TPSA) is 69.4 Å². The predicted octanol–water partition coefficient (Wildman–Crippen LogP) is 5.48. The minimum absolute atomic E-state index is 0.110. The second-order valence-electron chi connectivity index (χ2n) is 8.62. The van der Waals surface area contributed by atoms with Gasteiger partial charge in [0.1, 0.15) is 5.76 Å². The van der Waals surface area contributed by atoms with Crippen LogP contribution >= 0.6 is 0 Å². The van der Waals surface area contributed by atoms with Crippen molar-refractivity contribution < 1.29 is 18.7 Å². The van der Waals surface area contributed by atoms with Gasteiger partial charge in [0.05, 0.1) is 23.0 Å². The second kappa shape index (κ2) is 7.90. The largest absolute Gasteiger partial charge is 0.465 e. The molecule has 1 aliphatic rings. The maximum atomic E-state index is 13.1. The molecule has 0 saturated heterocycles. The van der Waals surface area contributed by atoms with Crippen molar-refractivity contribution in [3.8, 4) is 0 Å². The maximum absolute atomic E-state index is 13.1. The molecule has 2 heterocycles. The molecule has 0 unspecified atom stereocenters. The van der Waals surface area contributed by atoms with Gasteiger partial charge in [0.2, 0.25) is 0 Å². The minimum Gasteiger partial charge on any atom is -0.465 e. The Kier molecular flexibility index (Phi) is 5.29. The number of nitrogens with zero attached hydrogens (tertiary/aromatic N) is 1. The fourth-order valence-corrected chi connectivity index (χ4v) is 3.67. The summed E-state index contributed by atoms with van der Waals surface area (Å²) in [5.41, 5.74) is 3.42. The molecule has 0 radical (unpaired) electrons. The van der Waals surface area contributed by atoms with Gasteiger partial charge in [-0.1, -0.05) is 39.0 Å². The van der Waals surface area contributed by atoms with Gasteiger partial charge in [0.15, 0.2) is 12.4 Å². The van der Waals surface area contributed by atoms with Gasteiger partial charge in [0.25, 0.3) is 0 Å². The molecule has 0 spiro atoms. The summed E-state index contributed by atoms with van der Waals surface area (Å²) in [6.07, 6.45) is 6.12. The van der Waals surface area contributed by atoms with Crippen molar-refractivity contribution in [2.24, 2.45) is 5.41 Å². The van der Waals surface area contributed by atoms with Gasteiger partial charge in [-0.2, -0.15) is 0 Å². The molecule has 0 atom stereocenters. The Morgan fingerprint density at radius 2 is 1.93 bits per heavy atom. The molecule has 1 aromatic carbocycles. The lowest BCUT2D eigenvalue weighted by molar-refractivity contribution is -0.129. The number of para-hydroxylation sites is 1. The van der Waals surface area contributed by atoms with Crippen LogP contribution in [0.3, 0.4) is 0 Å². The van der Waals surface area contributed by atoms with Crippen molar-refractivity contribution in [3.05, 3.63) is 65.2 Å². The van der Waals surface area contributed by atoms with Crippen molar-refractivity contribution >= 4 is 34.3 Å². The Balaban J connectivity index is 1.79. The molecule has 1 aliphatic carbocycles. The van der Waals surface area contributed by atoms with Gasteiger partial charge in [-0.3, -0.25) is 4.79 Å². The Morgan fingerprint density at radius 3 is 2.67 bits per heavy atom. The summed E-state index contributed by atoms with van der Waals surface area (Å²) in [4.78, 5) is 30.3. The van der Waals surface area contributed by atoms with E-state index in [1.165, 1.54) is 0 Å². The fraction of sp³-hybridized carbons (Fsp3) is 0.320. The lowest BCUT2D eigenvalue weighted by Gasteiger charge is -2.22. The molecule has 3 aromatic rings. The summed E-state index contributed by atoms with van der Waals surface area (Å²) in [6, 6.07) is 11.3. The minimum atomic E-state index is -0.557. The summed E-state index contributed by atoms with van der Waals surface area (Å²) in [5.74, 6) is 0.177. The van der Waals surface area contributed by atoms with E-state index in [0.717, 1.165) is 52.8 Å². The third kappa shape index (κ3) is 3.92. The Bertz CT molecular complexity index is 1130. The average Bonchev–Trinajstić information content (AvgIpc) is 3.23. The normalized spacial score (nSPS) is 15.2. The zero-order valence-corrected chi connectivity index (χ0v) is 17.5. The summed E-state index contributed by atoms with van der Waals surface area (Å²) < 4.78 is 11.0. The molecular formula is C25H25NO4. The van der Waals surface area contributed by atoms with Crippen LogP contribution in [0.5, 0.6) is 0 Å². The summed E-state index contributed by atoms with van der Waals surface area (Å²) in [5, 5.41) is 0.753. The molecule has 30 heavy (non-hydrogen) atoms. The van der Waals surface area contributed by atoms with Crippen molar-refractivity contribution in [2.75, 3.05) is 6.61 Å². The molecule has 2 aromatic heterocycles. The smallest absolute Gasteiger partial charge is 0.339 e. The van der Waals surface area contributed by atoms with Crippen LogP contribution in [0.4, 0.5) is 0 Å². The number of furan rings is 1. The number of esters is 1. The fourth-order valence-electron chi connectivity index (χ4n) is 3.67. The molecule has 0 fully saturated rings. The van der Waals surface area contributed by atoms with Crippen LogP contribution in [-0.4, -0.2) is 23.3 Å². The maximum Gasteiger partial charge on any atom is 0.339 e. The number of fused-ring (bicyclic) bond motifs is 2. The van der Waals surface area contributed by atoms with Crippen LogP contribution in [0.2, 0.25) is 0 Å². The highest BCUT2D eigenvalue weighted by Gasteiger charge is 2.28. The Labute approximate surface area is 175 Å². The first kappa shape index (κ1) is 20.1. The van der Waals surface area contributed by atoms with E-state index in [9.17, 15) is 9.59 Å². The lowest BCUT2D eigenvalue weighted by Crippen LogP contribution is -2.27. The van der Waals surface area contributed by atoms with Gasteiger partial charge < -0.3 is 9.15 Å². The molecule has 154 valence electrons. The highest BCUT2D eigenvalue weighted by Crippen LogP contribution is 2.36. The number of pyridine rings is 1. The standard InChI is InChI=1S/C25H25NO4/c1-25(2,3)21(27)15-30-24(28)22-18-10-4-5-12-20(18)26-23-16(8-6-11-19(22)23)14-17-9-7-13-29-17/h4-5,7,9-10,12-14H,6,8,11,15H2,1-3H3/b16-14-. The first-order valence-corrected chi connectivity index (χ1v) is 10.2. The van der Waals surface area contributed by atoms with Crippen molar-refractivity contribution in [1.82, 2.24) is 4.98 Å². The van der Waals surface area contributed by atoms with Crippen LogP contribution in [0.1, 0.15) is 61.0 Å². The Hall–Kier alpha value is -3.21. The number of Topliss-reactive ketones (excluding diaryl/α,β-unsaturated/α-hetero) is 1. The van der Waals surface area contributed by atoms with Crippen molar-refractivity contribution in [3.63, 3.8) is 0 Å². The molecule has 0 saturated carbocycles. The average molecular weight is 403 g/mol. The number of carbonyl (C=O) groups excluding carboxylic acids is 2. The first-order valence-electron chi connectivity index (χ1n) is 10.2. The molecule has 4 rings (SSSR count). The molecular weight excluding hydrogens is 378 g/mol. The van der Waals surface area contributed by atoms with Gasteiger partial charge in [-0.05, 0) is 54.7 Å². The van der Waals surface area contributed by atoms with E-state index in [1.54, 1.807) is 6.26 Å². The number of aromatic nitrogens is 1. The van der Waals surface area contributed by atoms with E-state index in [4.69, 9.17) is 14.1 Å². The number of rotatable bonds is 4.